The fraction of sp³-hybridized carbons (Fsp3) is 0.333. The van der Waals surface area contributed by atoms with Crippen molar-refractivity contribution in [3.63, 3.8) is 0 Å². The number of amides is 1. The van der Waals surface area contributed by atoms with Crippen LogP contribution in [-0.4, -0.2) is 31.2 Å². The van der Waals surface area contributed by atoms with Gasteiger partial charge in [0.1, 0.15) is 5.82 Å². The Morgan fingerprint density at radius 1 is 1.10 bits per heavy atom. The number of anilines is 1. The SMILES string of the molecule is CCN(C(=O)c1cn(CC(C)C)c(=O)c2cc(OC)c(OC)cc12)c1ccccc1F. The molecule has 7 heteroatoms. The normalized spacial score (nSPS) is 11.1. The van der Waals surface area contributed by atoms with Gasteiger partial charge in [-0.1, -0.05) is 26.0 Å². The lowest BCUT2D eigenvalue weighted by Gasteiger charge is -2.23. The van der Waals surface area contributed by atoms with Gasteiger partial charge in [0.25, 0.3) is 11.5 Å². The number of fused-ring (bicyclic) bond motifs is 1. The van der Waals surface area contributed by atoms with E-state index < -0.39 is 11.7 Å². The number of halogens is 1. The number of carbonyl (C=O) groups excluding carboxylic acids is 1. The third kappa shape index (κ3) is 4.26. The summed E-state index contributed by atoms with van der Waals surface area (Å²) < 4.78 is 26.7. The van der Waals surface area contributed by atoms with E-state index >= 15 is 0 Å². The molecule has 0 radical (unpaired) electrons. The summed E-state index contributed by atoms with van der Waals surface area (Å²) in [6, 6.07) is 9.34. The van der Waals surface area contributed by atoms with Crippen molar-refractivity contribution in [3.05, 3.63) is 64.3 Å². The predicted molar refractivity (Wildman–Crippen MR) is 120 cm³/mol. The molecule has 164 valence electrons. The predicted octanol–water partition coefficient (Wildman–Crippen LogP) is 4.48. The van der Waals surface area contributed by atoms with Crippen molar-refractivity contribution in [2.45, 2.75) is 27.3 Å². The highest BCUT2D eigenvalue weighted by Crippen LogP contribution is 2.33. The molecule has 0 aliphatic carbocycles. The van der Waals surface area contributed by atoms with Gasteiger partial charge in [-0.3, -0.25) is 9.59 Å². The van der Waals surface area contributed by atoms with Gasteiger partial charge in [0.2, 0.25) is 0 Å². The van der Waals surface area contributed by atoms with Crippen molar-refractivity contribution < 1.29 is 18.7 Å². The number of ether oxygens (including phenoxy) is 2. The highest BCUT2D eigenvalue weighted by molar-refractivity contribution is 6.14. The summed E-state index contributed by atoms with van der Waals surface area (Å²) in [5.74, 6) is 0.0967. The van der Waals surface area contributed by atoms with Gasteiger partial charge >= 0.3 is 0 Å². The van der Waals surface area contributed by atoms with Gasteiger partial charge in [-0.05, 0) is 37.1 Å². The zero-order chi connectivity index (χ0) is 22.7. The van der Waals surface area contributed by atoms with Crippen LogP contribution in [0.15, 0.2) is 47.4 Å². The van der Waals surface area contributed by atoms with Crippen molar-refractivity contribution >= 4 is 22.4 Å². The van der Waals surface area contributed by atoms with E-state index in [1.165, 1.54) is 29.8 Å². The van der Waals surface area contributed by atoms with E-state index in [1.807, 2.05) is 13.8 Å². The van der Waals surface area contributed by atoms with Crippen molar-refractivity contribution in [2.75, 3.05) is 25.7 Å². The Kier molecular flexibility index (Phi) is 6.63. The number of aromatic nitrogens is 1. The molecule has 0 N–H and O–H groups in total. The molecule has 0 saturated carbocycles. The maximum atomic E-state index is 14.5. The lowest BCUT2D eigenvalue weighted by molar-refractivity contribution is 0.0988. The smallest absolute Gasteiger partial charge is 0.260 e. The van der Waals surface area contributed by atoms with Gasteiger partial charge in [0.05, 0.1) is 30.9 Å². The fourth-order valence-electron chi connectivity index (χ4n) is 3.66. The van der Waals surface area contributed by atoms with Crippen LogP contribution in [0, 0.1) is 11.7 Å². The average Bonchev–Trinajstić information content (AvgIpc) is 2.76. The van der Waals surface area contributed by atoms with Crippen LogP contribution in [0.2, 0.25) is 0 Å². The van der Waals surface area contributed by atoms with Crippen LogP contribution in [0.3, 0.4) is 0 Å². The van der Waals surface area contributed by atoms with Gasteiger partial charge in [-0.2, -0.15) is 0 Å². The molecule has 1 amide bonds. The van der Waals surface area contributed by atoms with E-state index in [-0.39, 0.29) is 23.7 Å². The standard InChI is InChI=1S/C24H27FN2O4/c1-6-27(20-10-8-7-9-19(20)25)24(29)18-14-26(13-15(2)3)23(28)17-12-22(31-5)21(30-4)11-16(17)18/h7-12,14-15H,6,13H2,1-5H3. The van der Waals surface area contributed by atoms with Crippen molar-refractivity contribution in [2.24, 2.45) is 5.92 Å². The Labute approximate surface area is 180 Å². The van der Waals surface area contributed by atoms with Crippen molar-refractivity contribution in [1.29, 1.82) is 0 Å². The second kappa shape index (κ2) is 9.20. The molecule has 0 unspecified atom stereocenters. The molecule has 1 heterocycles. The van der Waals surface area contributed by atoms with Gasteiger partial charge in [0.15, 0.2) is 11.5 Å². The first-order valence-corrected chi connectivity index (χ1v) is 10.2. The summed E-state index contributed by atoms with van der Waals surface area (Å²) in [7, 11) is 2.98. The molecule has 0 saturated heterocycles. The number of nitrogens with zero attached hydrogens (tertiary/aromatic N) is 2. The lowest BCUT2D eigenvalue weighted by atomic mass is 10.0. The molecule has 1 aromatic heterocycles. The summed E-state index contributed by atoms with van der Waals surface area (Å²) >= 11 is 0. The first kappa shape index (κ1) is 22.3. The summed E-state index contributed by atoms with van der Waals surface area (Å²) in [6.45, 7) is 6.46. The molecule has 3 rings (SSSR count). The highest BCUT2D eigenvalue weighted by atomic mass is 19.1. The van der Waals surface area contributed by atoms with Crippen LogP contribution in [-0.2, 0) is 6.54 Å². The zero-order valence-electron chi connectivity index (χ0n) is 18.4. The van der Waals surface area contributed by atoms with E-state index in [9.17, 15) is 14.0 Å². The maximum Gasteiger partial charge on any atom is 0.260 e. The Morgan fingerprint density at radius 3 is 2.26 bits per heavy atom. The van der Waals surface area contributed by atoms with Gasteiger partial charge in [0, 0.05) is 24.7 Å². The van der Waals surface area contributed by atoms with E-state index in [4.69, 9.17) is 9.47 Å². The number of pyridine rings is 1. The van der Waals surface area contributed by atoms with Gasteiger partial charge in [-0.15, -0.1) is 0 Å². The minimum Gasteiger partial charge on any atom is -0.493 e. The third-order valence-corrected chi connectivity index (χ3v) is 5.09. The molecule has 6 nitrogen and oxygen atoms in total. The molecule has 31 heavy (non-hydrogen) atoms. The van der Waals surface area contributed by atoms with Gasteiger partial charge < -0.3 is 18.9 Å². The molecular weight excluding hydrogens is 399 g/mol. The minimum atomic E-state index is -0.489. The van der Waals surface area contributed by atoms with Crippen LogP contribution in [0.1, 0.15) is 31.1 Å². The topological polar surface area (TPSA) is 60.8 Å². The van der Waals surface area contributed by atoms with Crippen LogP contribution in [0.4, 0.5) is 10.1 Å². The zero-order valence-corrected chi connectivity index (χ0v) is 18.4. The number of benzene rings is 2. The van der Waals surface area contributed by atoms with E-state index in [2.05, 4.69) is 0 Å². The monoisotopic (exact) mass is 426 g/mol. The van der Waals surface area contributed by atoms with E-state index in [1.54, 1.807) is 43.5 Å². The Morgan fingerprint density at radius 2 is 1.71 bits per heavy atom. The Balaban J connectivity index is 2.30. The van der Waals surface area contributed by atoms with Crippen molar-refractivity contribution in [3.8, 4) is 11.5 Å². The second-order valence-corrected chi connectivity index (χ2v) is 7.65. The van der Waals surface area contributed by atoms with Crippen LogP contribution in [0.5, 0.6) is 11.5 Å². The number of hydrogen-bond donors (Lipinski definition) is 0. The molecule has 2 aromatic carbocycles. The number of hydrogen-bond acceptors (Lipinski definition) is 4. The summed E-state index contributed by atoms with van der Waals surface area (Å²) in [4.78, 5) is 28.1. The fourth-order valence-corrected chi connectivity index (χ4v) is 3.66. The molecule has 0 atom stereocenters. The van der Waals surface area contributed by atoms with Crippen LogP contribution < -0.4 is 19.9 Å². The molecule has 0 spiro atoms. The first-order chi connectivity index (χ1) is 14.8. The Hall–Kier alpha value is -3.35. The summed E-state index contributed by atoms with van der Waals surface area (Å²) in [5, 5.41) is 0.774. The van der Waals surface area contributed by atoms with Crippen molar-refractivity contribution in [1.82, 2.24) is 4.57 Å². The largest absolute Gasteiger partial charge is 0.493 e. The molecule has 0 aliphatic heterocycles. The summed E-state index contributed by atoms with van der Waals surface area (Å²) in [5.41, 5.74) is 0.252. The lowest BCUT2D eigenvalue weighted by Crippen LogP contribution is -2.33. The number of rotatable bonds is 7. The van der Waals surface area contributed by atoms with Crippen LogP contribution in [0.25, 0.3) is 10.8 Å². The second-order valence-electron chi connectivity index (χ2n) is 7.65. The first-order valence-electron chi connectivity index (χ1n) is 10.2. The molecule has 0 bridgehead atoms. The molecule has 0 aliphatic rings. The molecular formula is C24H27FN2O4. The Bertz CT molecular complexity index is 1170. The summed E-state index contributed by atoms with van der Waals surface area (Å²) in [6.07, 6.45) is 1.56. The molecule has 3 aromatic rings. The van der Waals surface area contributed by atoms with E-state index in [0.717, 1.165) is 0 Å². The minimum absolute atomic E-state index is 0.185. The highest BCUT2D eigenvalue weighted by Gasteiger charge is 2.24. The number of para-hydroxylation sites is 1. The number of methoxy groups -OCH3 is 2. The molecule has 0 fully saturated rings. The van der Waals surface area contributed by atoms with Crippen LogP contribution >= 0.6 is 0 Å². The third-order valence-electron chi connectivity index (χ3n) is 5.09. The quantitative estimate of drug-likeness (QED) is 0.559. The van der Waals surface area contributed by atoms with E-state index in [0.29, 0.717) is 34.4 Å². The average molecular weight is 426 g/mol. The maximum absolute atomic E-state index is 14.5. The van der Waals surface area contributed by atoms with Gasteiger partial charge in [-0.25, -0.2) is 4.39 Å². The number of carbonyl (C=O) groups is 1.